The molecule has 1 aliphatic rings. The Balaban J connectivity index is 2.13. The second-order valence-electron chi connectivity index (χ2n) is 3.12. The predicted octanol–water partition coefficient (Wildman–Crippen LogP) is 2.23. The van der Waals surface area contributed by atoms with Crippen molar-refractivity contribution < 1.29 is 0 Å². The van der Waals surface area contributed by atoms with Crippen LogP contribution >= 0.6 is 11.8 Å². The summed E-state index contributed by atoms with van der Waals surface area (Å²) in [6.45, 7) is 5.76. The normalized spacial score (nSPS) is 27.3. The second kappa shape index (κ2) is 4.24. The molecule has 1 rings (SSSR count). The smallest absolute Gasteiger partial charge is 0.0534 e. The Morgan fingerprint density at radius 1 is 1.40 bits per heavy atom. The number of piperidine rings is 1. The summed E-state index contributed by atoms with van der Waals surface area (Å²) in [7, 11) is 0. The average molecular weight is 159 g/mol. The van der Waals surface area contributed by atoms with Crippen LogP contribution in [0, 0.1) is 0 Å². The molecule has 1 fully saturated rings. The minimum Gasteiger partial charge on any atom is -0.305 e. The van der Waals surface area contributed by atoms with Gasteiger partial charge in [-0.1, -0.05) is 13.8 Å². The van der Waals surface area contributed by atoms with E-state index in [4.69, 9.17) is 0 Å². The lowest BCUT2D eigenvalue weighted by Crippen LogP contribution is -2.32. The zero-order valence-electron chi connectivity index (χ0n) is 6.89. The second-order valence-corrected chi connectivity index (χ2v) is 4.91. The fraction of sp³-hybridized carbons (Fsp3) is 1.00. The van der Waals surface area contributed by atoms with E-state index < -0.39 is 0 Å². The summed E-state index contributed by atoms with van der Waals surface area (Å²) in [6.07, 6.45) is 4.15. The van der Waals surface area contributed by atoms with Crippen LogP contribution < -0.4 is 5.32 Å². The summed E-state index contributed by atoms with van der Waals surface area (Å²) in [5.41, 5.74) is 0. The van der Waals surface area contributed by atoms with Crippen molar-refractivity contribution in [3.05, 3.63) is 0 Å². The van der Waals surface area contributed by atoms with Gasteiger partial charge in [0.05, 0.1) is 5.37 Å². The van der Waals surface area contributed by atoms with Gasteiger partial charge < -0.3 is 5.32 Å². The van der Waals surface area contributed by atoms with E-state index >= 15 is 0 Å². The third kappa shape index (κ3) is 2.93. The molecule has 0 aromatic heterocycles. The van der Waals surface area contributed by atoms with Gasteiger partial charge in [-0.15, -0.1) is 11.8 Å². The first-order valence-electron chi connectivity index (χ1n) is 4.18. The molecule has 0 aliphatic carbocycles. The monoisotopic (exact) mass is 159 g/mol. The zero-order chi connectivity index (χ0) is 7.40. The van der Waals surface area contributed by atoms with Gasteiger partial charge in [-0.25, -0.2) is 0 Å². The van der Waals surface area contributed by atoms with Crippen molar-refractivity contribution in [3.8, 4) is 0 Å². The van der Waals surface area contributed by atoms with Gasteiger partial charge in [0, 0.05) is 5.25 Å². The molecule has 0 bridgehead atoms. The van der Waals surface area contributed by atoms with E-state index in [2.05, 4.69) is 30.9 Å². The minimum atomic E-state index is 0.744. The van der Waals surface area contributed by atoms with E-state index in [1.165, 1.54) is 25.8 Å². The first kappa shape index (κ1) is 8.41. The molecule has 0 saturated carbocycles. The van der Waals surface area contributed by atoms with Gasteiger partial charge in [0.15, 0.2) is 0 Å². The van der Waals surface area contributed by atoms with E-state index in [0.29, 0.717) is 0 Å². The number of nitrogens with one attached hydrogen (secondary N) is 1. The molecule has 1 atom stereocenters. The van der Waals surface area contributed by atoms with Gasteiger partial charge in [-0.2, -0.15) is 0 Å². The van der Waals surface area contributed by atoms with Crippen LogP contribution in [-0.4, -0.2) is 17.2 Å². The van der Waals surface area contributed by atoms with E-state index in [-0.39, 0.29) is 0 Å². The highest BCUT2D eigenvalue weighted by atomic mass is 32.2. The third-order valence-corrected chi connectivity index (χ3v) is 2.98. The van der Waals surface area contributed by atoms with Crippen LogP contribution in [0.5, 0.6) is 0 Å². The molecule has 0 spiro atoms. The van der Waals surface area contributed by atoms with E-state index in [1.807, 2.05) is 0 Å². The third-order valence-electron chi connectivity index (χ3n) is 1.70. The molecule has 0 aromatic carbocycles. The standard InChI is InChI=1S/C8H17NS/c1-7(2)10-8-5-3-4-6-9-8/h7-9H,3-6H2,1-2H3. The van der Waals surface area contributed by atoms with E-state index in [9.17, 15) is 0 Å². The number of hydrogen-bond acceptors (Lipinski definition) is 2. The van der Waals surface area contributed by atoms with Crippen LogP contribution in [0.3, 0.4) is 0 Å². The highest BCUT2D eigenvalue weighted by Gasteiger charge is 2.13. The highest BCUT2D eigenvalue weighted by molar-refractivity contribution is 8.00. The maximum atomic E-state index is 3.51. The molecule has 1 aliphatic heterocycles. The topological polar surface area (TPSA) is 12.0 Å². The Kier molecular flexibility index (Phi) is 3.57. The van der Waals surface area contributed by atoms with Gasteiger partial charge in [0.2, 0.25) is 0 Å². The van der Waals surface area contributed by atoms with Crippen LogP contribution in [0.2, 0.25) is 0 Å². The minimum absolute atomic E-state index is 0.744. The van der Waals surface area contributed by atoms with Crippen molar-refractivity contribution in [2.75, 3.05) is 6.54 Å². The van der Waals surface area contributed by atoms with Crippen LogP contribution in [0.1, 0.15) is 33.1 Å². The van der Waals surface area contributed by atoms with Crippen molar-refractivity contribution in [3.63, 3.8) is 0 Å². The summed E-state index contributed by atoms with van der Waals surface area (Å²) < 4.78 is 0. The molecule has 0 aromatic rings. The van der Waals surface area contributed by atoms with Gasteiger partial charge in [-0.3, -0.25) is 0 Å². The van der Waals surface area contributed by atoms with Crippen LogP contribution in [-0.2, 0) is 0 Å². The lowest BCUT2D eigenvalue weighted by atomic mass is 10.2. The molecular weight excluding hydrogens is 142 g/mol. The highest BCUT2D eigenvalue weighted by Crippen LogP contribution is 2.22. The summed E-state index contributed by atoms with van der Waals surface area (Å²) in [5, 5.41) is 5.03. The van der Waals surface area contributed by atoms with Gasteiger partial charge in [-0.05, 0) is 25.8 Å². The fourth-order valence-electron chi connectivity index (χ4n) is 1.26. The van der Waals surface area contributed by atoms with Crippen LogP contribution in [0.25, 0.3) is 0 Å². The van der Waals surface area contributed by atoms with E-state index in [1.54, 1.807) is 0 Å². The summed E-state index contributed by atoms with van der Waals surface area (Å²) in [4.78, 5) is 0. The maximum Gasteiger partial charge on any atom is 0.0534 e. The largest absolute Gasteiger partial charge is 0.305 e. The van der Waals surface area contributed by atoms with Crippen molar-refractivity contribution in [2.24, 2.45) is 0 Å². The van der Waals surface area contributed by atoms with Crippen LogP contribution in [0.15, 0.2) is 0 Å². The summed E-state index contributed by atoms with van der Waals surface area (Å²) in [5.74, 6) is 0. The predicted molar refractivity (Wildman–Crippen MR) is 48.4 cm³/mol. The summed E-state index contributed by atoms with van der Waals surface area (Å²) in [6, 6.07) is 0. The molecule has 1 heterocycles. The molecule has 1 saturated heterocycles. The van der Waals surface area contributed by atoms with Crippen molar-refractivity contribution >= 4 is 11.8 Å². The SMILES string of the molecule is CC(C)SC1CCCCN1. The molecular formula is C8H17NS. The van der Waals surface area contributed by atoms with Crippen LogP contribution in [0.4, 0.5) is 0 Å². The molecule has 0 amide bonds. The number of rotatable bonds is 2. The fourth-order valence-corrected chi connectivity index (χ4v) is 2.44. The summed E-state index contributed by atoms with van der Waals surface area (Å²) >= 11 is 2.06. The van der Waals surface area contributed by atoms with Crippen molar-refractivity contribution in [1.82, 2.24) is 5.32 Å². The van der Waals surface area contributed by atoms with Crippen molar-refractivity contribution in [2.45, 2.75) is 43.7 Å². The first-order valence-corrected chi connectivity index (χ1v) is 5.12. The Hall–Kier alpha value is 0.310. The lowest BCUT2D eigenvalue weighted by molar-refractivity contribution is 0.491. The Labute approximate surface area is 68.0 Å². The van der Waals surface area contributed by atoms with Gasteiger partial charge >= 0.3 is 0 Å². The first-order chi connectivity index (χ1) is 4.79. The Bertz CT molecular complexity index is 87.3. The molecule has 1 N–H and O–H groups in total. The average Bonchev–Trinajstić information content (AvgIpc) is 1.88. The quantitative estimate of drug-likeness (QED) is 0.663. The van der Waals surface area contributed by atoms with Gasteiger partial charge in [0.25, 0.3) is 0 Å². The molecule has 60 valence electrons. The van der Waals surface area contributed by atoms with Gasteiger partial charge in [0.1, 0.15) is 0 Å². The maximum absolute atomic E-state index is 3.51. The Morgan fingerprint density at radius 3 is 2.70 bits per heavy atom. The zero-order valence-corrected chi connectivity index (χ0v) is 7.71. The number of thioether (sulfide) groups is 1. The van der Waals surface area contributed by atoms with E-state index in [0.717, 1.165) is 10.6 Å². The Morgan fingerprint density at radius 2 is 2.20 bits per heavy atom. The molecule has 1 nitrogen and oxygen atoms in total. The lowest BCUT2D eigenvalue weighted by Gasteiger charge is -2.24. The molecule has 10 heavy (non-hydrogen) atoms. The molecule has 1 unspecified atom stereocenters. The van der Waals surface area contributed by atoms with Crippen molar-refractivity contribution in [1.29, 1.82) is 0 Å². The molecule has 2 heteroatoms. The number of hydrogen-bond donors (Lipinski definition) is 1. The molecule has 0 radical (unpaired) electrons.